The molecule has 3 aromatic rings. The van der Waals surface area contributed by atoms with E-state index in [0.29, 0.717) is 29.3 Å². The van der Waals surface area contributed by atoms with E-state index in [1.165, 1.54) is 0 Å². The van der Waals surface area contributed by atoms with Gasteiger partial charge in [-0.05, 0) is 30.3 Å². The molecule has 0 radical (unpaired) electrons. The fraction of sp³-hybridized carbons (Fsp3) is 0.150. The highest BCUT2D eigenvalue weighted by Crippen LogP contribution is 2.51. The maximum atomic E-state index is 13.0. The van der Waals surface area contributed by atoms with Crippen molar-refractivity contribution in [3.8, 4) is 17.2 Å². The van der Waals surface area contributed by atoms with Crippen LogP contribution in [0, 0.1) is 0 Å². The smallest absolute Gasteiger partial charge is 0.209 e. The van der Waals surface area contributed by atoms with E-state index in [0.717, 1.165) is 16.9 Å². The van der Waals surface area contributed by atoms with Crippen molar-refractivity contribution in [3.63, 3.8) is 0 Å². The summed E-state index contributed by atoms with van der Waals surface area (Å²) in [5.41, 5.74) is 3.45. The summed E-state index contributed by atoms with van der Waals surface area (Å²) in [6, 6.07) is 15.5. The minimum Gasteiger partial charge on any atom is -0.493 e. The Morgan fingerprint density at radius 2 is 2.00 bits per heavy atom. The van der Waals surface area contributed by atoms with Gasteiger partial charge >= 0.3 is 0 Å². The molecule has 0 N–H and O–H groups in total. The Morgan fingerprint density at radius 1 is 1.12 bits per heavy atom. The van der Waals surface area contributed by atoms with Crippen LogP contribution in [0.2, 0.25) is 0 Å². The SMILES string of the molecule is COc1ccc2c3c1Oc1ccccc1C3Cn1cccc1C2=O. The predicted molar refractivity (Wildman–Crippen MR) is 89.2 cm³/mol. The minimum absolute atomic E-state index is 0.0318. The molecule has 1 atom stereocenters. The third kappa shape index (κ3) is 1.65. The number of nitrogens with zero attached hydrogens (tertiary/aromatic N) is 1. The van der Waals surface area contributed by atoms with Gasteiger partial charge in [0.25, 0.3) is 0 Å². The molecule has 2 aliphatic rings. The highest BCUT2D eigenvalue weighted by Gasteiger charge is 2.36. The summed E-state index contributed by atoms with van der Waals surface area (Å²) in [7, 11) is 1.62. The monoisotopic (exact) mass is 317 g/mol. The molecule has 2 aromatic carbocycles. The summed E-state index contributed by atoms with van der Waals surface area (Å²) >= 11 is 0. The van der Waals surface area contributed by atoms with E-state index in [4.69, 9.17) is 9.47 Å². The van der Waals surface area contributed by atoms with E-state index in [-0.39, 0.29) is 11.7 Å². The van der Waals surface area contributed by atoms with Crippen LogP contribution in [-0.4, -0.2) is 17.5 Å². The molecule has 0 spiro atoms. The zero-order valence-corrected chi connectivity index (χ0v) is 13.2. The molecule has 0 aliphatic carbocycles. The molecular formula is C20H15NO3. The topological polar surface area (TPSA) is 40.5 Å². The first-order chi connectivity index (χ1) is 11.8. The molecule has 24 heavy (non-hydrogen) atoms. The first-order valence-electron chi connectivity index (χ1n) is 7.95. The van der Waals surface area contributed by atoms with E-state index in [1.807, 2.05) is 53.2 Å². The van der Waals surface area contributed by atoms with Crippen molar-refractivity contribution >= 4 is 5.78 Å². The summed E-state index contributed by atoms with van der Waals surface area (Å²) < 4.78 is 13.7. The highest BCUT2D eigenvalue weighted by atomic mass is 16.5. The summed E-state index contributed by atoms with van der Waals surface area (Å²) in [6.07, 6.45) is 1.97. The van der Waals surface area contributed by atoms with Gasteiger partial charge < -0.3 is 14.0 Å². The number of aromatic nitrogens is 1. The number of methoxy groups -OCH3 is 1. The fourth-order valence-corrected chi connectivity index (χ4v) is 3.82. The Bertz CT molecular complexity index is 986. The molecule has 0 amide bonds. The van der Waals surface area contributed by atoms with Crippen molar-refractivity contribution in [3.05, 3.63) is 77.1 Å². The van der Waals surface area contributed by atoms with Crippen LogP contribution in [0.4, 0.5) is 0 Å². The van der Waals surface area contributed by atoms with E-state index >= 15 is 0 Å². The normalized spacial score (nSPS) is 17.2. The molecule has 0 bridgehead atoms. The van der Waals surface area contributed by atoms with Crippen LogP contribution >= 0.6 is 0 Å². The van der Waals surface area contributed by atoms with E-state index in [9.17, 15) is 4.79 Å². The molecule has 0 fully saturated rings. The van der Waals surface area contributed by atoms with E-state index in [2.05, 4.69) is 6.07 Å². The van der Waals surface area contributed by atoms with Gasteiger partial charge in [0.05, 0.1) is 12.8 Å². The van der Waals surface area contributed by atoms with Crippen molar-refractivity contribution in [2.45, 2.75) is 12.5 Å². The summed E-state index contributed by atoms with van der Waals surface area (Å²) in [5.74, 6) is 2.25. The number of fused-ring (bicyclic) bond motifs is 3. The Morgan fingerprint density at radius 3 is 2.88 bits per heavy atom. The van der Waals surface area contributed by atoms with Crippen LogP contribution in [0.3, 0.4) is 0 Å². The van der Waals surface area contributed by atoms with Gasteiger partial charge in [-0.3, -0.25) is 4.79 Å². The maximum absolute atomic E-state index is 13.0. The van der Waals surface area contributed by atoms with Crippen LogP contribution in [-0.2, 0) is 6.54 Å². The molecule has 5 rings (SSSR count). The molecule has 2 aliphatic heterocycles. The first kappa shape index (κ1) is 13.4. The summed E-state index contributed by atoms with van der Waals surface area (Å²) in [5, 5.41) is 0. The second-order valence-electron chi connectivity index (χ2n) is 6.13. The van der Waals surface area contributed by atoms with Gasteiger partial charge in [0.2, 0.25) is 5.78 Å². The maximum Gasteiger partial charge on any atom is 0.209 e. The number of carbonyl (C=O) groups excluding carboxylic acids is 1. The Hall–Kier alpha value is -3.01. The Labute approximate surface area is 139 Å². The first-order valence-corrected chi connectivity index (χ1v) is 7.95. The standard InChI is InChI=1S/C20H15NO3/c1-23-17-9-8-13-18-14(11-21-10-4-6-15(21)19(13)22)12-5-2-3-7-16(12)24-20(17)18/h2-10,14H,11H2,1H3. The van der Waals surface area contributed by atoms with Gasteiger partial charge in [0.1, 0.15) is 5.75 Å². The lowest BCUT2D eigenvalue weighted by Crippen LogP contribution is -2.16. The second-order valence-corrected chi connectivity index (χ2v) is 6.13. The van der Waals surface area contributed by atoms with Crippen LogP contribution in [0.5, 0.6) is 17.2 Å². The fourth-order valence-electron chi connectivity index (χ4n) is 3.82. The number of hydrogen-bond acceptors (Lipinski definition) is 3. The van der Waals surface area contributed by atoms with Gasteiger partial charge in [-0.1, -0.05) is 18.2 Å². The van der Waals surface area contributed by atoms with E-state index in [1.54, 1.807) is 7.11 Å². The lowest BCUT2D eigenvalue weighted by molar-refractivity contribution is 0.103. The number of para-hydroxylation sites is 1. The lowest BCUT2D eigenvalue weighted by Gasteiger charge is -2.29. The number of rotatable bonds is 1. The zero-order chi connectivity index (χ0) is 16.3. The van der Waals surface area contributed by atoms with Gasteiger partial charge in [0.15, 0.2) is 11.5 Å². The highest BCUT2D eigenvalue weighted by molar-refractivity contribution is 6.10. The number of ketones is 1. The minimum atomic E-state index is 0.0318. The molecule has 118 valence electrons. The van der Waals surface area contributed by atoms with Crippen LogP contribution < -0.4 is 9.47 Å². The van der Waals surface area contributed by atoms with Gasteiger partial charge in [0, 0.05) is 35.3 Å². The van der Waals surface area contributed by atoms with Crippen molar-refractivity contribution in [1.82, 2.24) is 4.57 Å². The quantitative estimate of drug-likeness (QED) is 0.681. The van der Waals surface area contributed by atoms with Gasteiger partial charge in [-0.2, -0.15) is 0 Å². The lowest BCUT2D eigenvalue weighted by atomic mass is 9.84. The van der Waals surface area contributed by atoms with Crippen molar-refractivity contribution in [1.29, 1.82) is 0 Å². The molecule has 1 aromatic heterocycles. The summed E-state index contributed by atoms with van der Waals surface area (Å²) in [6.45, 7) is 0.710. The predicted octanol–water partition coefficient (Wildman–Crippen LogP) is 3.98. The average Bonchev–Trinajstić information content (AvgIpc) is 3.04. The largest absolute Gasteiger partial charge is 0.493 e. The Balaban J connectivity index is 1.86. The molecule has 4 heteroatoms. The molecule has 0 saturated carbocycles. The van der Waals surface area contributed by atoms with Gasteiger partial charge in [-0.25, -0.2) is 0 Å². The van der Waals surface area contributed by atoms with Crippen LogP contribution in [0.15, 0.2) is 54.7 Å². The molecule has 1 unspecified atom stereocenters. The average molecular weight is 317 g/mol. The van der Waals surface area contributed by atoms with Crippen molar-refractivity contribution in [2.75, 3.05) is 7.11 Å². The number of benzene rings is 2. The molecule has 3 heterocycles. The van der Waals surface area contributed by atoms with Crippen molar-refractivity contribution < 1.29 is 14.3 Å². The second kappa shape index (κ2) is 4.74. The number of hydrogen-bond donors (Lipinski definition) is 0. The molecular weight excluding hydrogens is 302 g/mol. The third-order valence-corrected chi connectivity index (χ3v) is 4.92. The molecule has 4 nitrogen and oxygen atoms in total. The number of ether oxygens (including phenoxy) is 2. The van der Waals surface area contributed by atoms with E-state index < -0.39 is 0 Å². The molecule has 0 saturated heterocycles. The Kier molecular flexibility index (Phi) is 2.65. The summed E-state index contributed by atoms with van der Waals surface area (Å²) in [4.78, 5) is 13.0. The van der Waals surface area contributed by atoms with Crippen LogP contribution in [0.1, 0.15) is 33.1 Å². The van der Waals surface area contributed by atoms with Crippen LogP contribution in [0.25, 0.3) is 0 Å². The van der Waals surface area contributed by atoms with Crippen molar-refractivity contribution in [2.24, 2.45) is 0 Å². The zero-order valence-electron chi connectivity index (χ0n) is 13.2. The third-order valence-electron chi connectivity index (χ3n) is 4.92. The number of carbonyl (C=O) groups is 1. The van der Waals surface area contributed by atoms with Gasteiger partial charge in [-0.15, -0.1) is 0 Å².